The highest BCUT2D eigenvalue weighted by Crippen LogP contribution is 2.22. The maximum atomic E-state index is 2.44. The van der Waals surface area contributed by atoms with Crippen LogP contribution in [0.1, 0.15) is 76.4 Å². The molecule has 0 aliphatic heterocycles. The van der Waals surface area contributed by atoms with Gasteiger partial charge in [0, 0.05) is 0 Å². The van der Waals surface area contributed by atoms with Crippen LogP contribution in [0.5, 0.6) is 0 Å². The van der Waals surface area contributed by atoms with Gasteiger partial charge >= 0.3 is 0 Å². The number of hydrogen-bond donors (Lipinski definition) is 0. The van der Waals surface area contributed by atoms with Crippen LogP contribution < -0.4 is 0 Å². The summed E-state index contributed by atoms with van der Waals surface area (Å²) < 4.78 is 0. The summed E-state index contributed by atoms with van der Waals surface area (Å²) in [5.41, 5.74) is 14.3. The molecule has 0 aromatic heterocycles. The van der Waals surface area contributed by atoms with Gasteiger partial charge in [-0.2, -0.15) is 0 Å². The Morgan fingerprint density at radius 3 is 1.31 bits per heavy atom. The SMILES string of the molecule is CCc1cc(C)cc(Cc2cc(CC)cc(Cc3cc(CC)cc(CCc4ccccc4)c3)c2)c1. The molecular formula is C35H40. The molecule has 0 atom stereocenters. The van der Waals surface area contributed by atoms with Gasteiger partial charge in [0.05, 0.1) is 0 Å². The molecule has 4 rings (SSSR count). The molecular weight excluding hydrogens is 420 g/mol. The number of rotatable bonds is 10. The van der Waals surface area contributed by atoms with Crippen LogP contribution in [0, 0.1) is 6.92 Å². The van der Waals surface area contributed by atoms with Crippen molar-refractivity contribution in [1.82, 2.24) is 0 Å². The van der Waals surface area contributed by atoms with Crippen molar-refractivity contribution in [2.45, 2.75) is 72.6 Å². The Morgan fingerprint density at radius 1 is 0.400 bits per heavy atom. The van der Waals surface area contributed by atoms with Gasteiger partial charge in [-0.25, -0.2) is 0 Å². The molecule has 0 saturated heterocycles. The quantitative estimate of drug-likeness (QED) is 0.222. The predicted molar refractivity (Wildman–Crippen MR) is 152 cm³/mol. The van der Waals surface area contributed by atoms with Crippen LogP contribution >= 0.6 is 0 Å². The number of benzene rings is 4. The minimum atomic E-state index is 1.00. The van der Waals surface area contributed by atoms with Gasteiger partial charge in [-0.15, -0.1) is 0 Å². The lowest BCUT2D eigenvalue weighted by Gasteiger charge is -2.13. The van der Waals surface area contributed by atoms with Crippen LogP contribution in [0.25, 0.3) is 0 Å². The zero-order valence-electron chi connectivity index (χ0n) is 22.0. The summed E-state index contributed by atoms with van der Waals surface area (Å²) in [6.07, 6.45) is 7.45. The lowest BCUT2D eigenvalue weighted by Crippen LogP contribution is -1.99. The van der Waals surface area contributed by atoms with Gasteiger partial charge in [-0.05, 0) is 102 Å². The van der Waals surface area contributed by atoms with Gasteiger partial charge in [-0.3, -0.25) is 0 Å². The standard InChI is InChI=1S/C35H40/c1-5-27-15-26(4)16-32(18-27)23-34-20-29(7-3)21-35(25-34)24-33-19-28(6-2)17-31(22-33)14-13-30-11-9-8-10-12-30/h8-12,15-22,25H,5-7,13-14,23-24H2,1-4H3. The van der Waals surface area contributed by atoms with Crippen LogP contribution in [-0.4, -0.2) is 0 Å². The highest BCUT2D eigenvalue weighted by Gasteiger charge is 2.07. The van der Waals surface area contributed by atoms with Crippen molar-refractivity contribution >= 4 is 0 Å². The summed E-state index contributed by atoms with van der Waals surface area (Å²) in [6.45, 7) is 8.99. The van der Waals surface area contributed by atoms with E-state index in [-0.39, 0.29) is 0 Å². The van der Waals surface area contributed by atoms with Crippen LogP contribution in [0.4, 0.5) is 0 Å². The molecule has 4 aromatic rings. The lowest BCUT2D eigenvalue weighted by atomic mass is 9.92. The molecule has 0 N–H and O–H groups in total. The molecule has 0 heteroatoms. The molecule has 0 heterocycles. The first-order valence-corrected chi connectivity index (χ1v) is 13.4. The molecule has 0 radical (unpaired) electrons. The predicted octanol–water partition coefficient (Wildman–Crippen LogP) is 8.65. The van der Waals surface area contributed by atoms with Crippen LogP contribution in [0.3, 0.4) is 0 Å². The van der Waals surface area contributed by atoms with Gasteiger partial charge in [0.25, 0.3) is 0 Å². The van der Waals surface area contributed by atoms with E-state index in [1.165, 1.54) is 55.6 Å². The molecule has 0 aliphatic carbocycles. The second-order valence-electron chi connectivity index (χ2n) is 10.0. The Balaban J connectivity index is 1.56. The van der Waals surface area contributed by atoms with Gasteiger partial charge in [0.2, 0.25) is 0 Å². The van der Waals surface area contributed by atoms with Crippen molar-refractivity contribution in [2.75, 3.05) is 0 Å². The van der Waals surface area contributed by atoms with E-state index in [0.29, 0.717) is 0 Å². The Morgan fingerprint density at radius 2 is 0.771 bits per heavy atom. The molecule has 4 aromatic carbocycles. The first kappa shape index (κ1) is 25.0. The van der Waals surface area contributed by atoms with Gasteiger partial charge in [0.15, 0.2) is 0 Å². The van der Waals surface area contributed by atoms with Crippen molar-refractivity contribution < 1.29 is 0 Å². The smallest absolute Gasteiger partial charge is 0.00254 e. The summed E-state index contributed by atoms with van der Waals surface area (Å²) in [5, 5.41) is 0. The van der Waals surface area contributed by atoms with E-state index >= 15 is 0 Å². The van der Waals surface area contributed by atoms with Crippen molar-refractivity contribution in [3.63, 3.8) is 0 Å². The van der Waals surface area contributed by atoms with E-state index in [1.54, 1.807) is 0 Å². The topological polar surface area (TPSA) is 0 Å². The summed E-state index contributed by atoms with van der Waals surface area (Å²) in [6, 6.07) is 32.4. The van der Waals surface area contributed by atoms with Crippen LogP contribution in [0.2, 0.25) is 0 Å². The summed E-state index contributed by atoms with van der Waals surface area (Å²) in [5.74, 6) is 0. The average Bonchev–Trinajstić information content (AvgIpc) is 2.87. The molecule has 0 amide bonds. The van der Waals surface area contributed by atoms with E-state index in [9.17, 15) is 0 Å². The summed E-state index contributed by atoms with van der Waals surface area (Å²) >= 11 is 0. The molecule has 0 aliphatic rings. The Labute approximate surface area is 213 Å². The summed E-state index contributed by atoms with van der Waals surface area (Å²) in [7, 11) is 0. The maximum Gasteiger partial charge on any atom is -0.00254 e. The fraction of sp³-hybridized carbons (Fsp3) is 0.314. The maximum absolute atomic E-state index is 2.44. The largest absolute Gasteiger partial charge is 0.0622 e. The van der Waals surface area contributed by atoms with Gasteiger partial charge < -0.3 is 0 Å². The number of hydrogen-bond acceptors (Lipinski definition) is 0. The van der Waals surface area contributed by atoms with Crippen LogP contribution in [0.15, 0.2) is 84.9 Å². The van der Waals surface area contributed by atoms with E-state index in [2.05, 4.69) is 113 Å². The third-order valence-electron chi connectivity index (χ3n) is 7.01. The second-order valence-corrected chi connectivity index (χ2v) is 10.0. The third kappa shape index (κ3) is 7.18. The highest BCUT2D eigenvalue weighted by molar-refractivity contribution is 5.40. The molecule has 0 spiro atoms. The molecule has 35 heavy (non-hydrogen) atoms. The molecule has 0 saturated carbocycles. The van der Waals surface area contributed by atoms with E-state index < -0.39 is 0 Å². The van der Waals surface area contributed by atoms with E-state index in [1.807, 2.05) is 0 Å². The third-order valence-corrected chi connectivity index (χ3v) is 7.01. The van der Waals surface area contributed by atoms with Gasteiger partial charge in [0.1, 0.15) is 0 Å². The first-order valence-electron chi connectivity index (χ1n) is 13.4. The summed E-state index contributed by atoms with van der Waals surface area (Å²) in [4.78, 5) is 0. The zero-order valence-corrected chi connectivity index (χ0v) is 22.0. The minimum absolute atomic E-state index is 1.00. The van der Waals surface area contributed by atoms with Gasteiger partial charge in [-0.1, -0.05) is 111 Å². The zero-order chi connectivity index (χ0) is 24.6. The minimum Gasteiger partial charge on any atom is -0.0622 e. The fourth-order valence-electron chi connectivity index (χ4n) is 5.20. The van der Waals surface area contributed by atoms with Crippen LogP contribution in [-0.2, 0) is 44.9 Å². The second kappa shape index (κ2) is 12.0. The molecule has 0 nitrogen and oxygen atoms in total. The fourth-order valence-corrected chi connectivity index (χ4v) is 5.20. The molecule has 180 valence electrons. The van der Waals surface area contributed by atoms with E-state index in [4.69, 9.17) is 0 Å². The Kier molecular flexibility index (Phi) is 8.59. The van der Waals surface area contributed by atoms with Crippen molar-refractivity contribution in [2.24, 2.45) is 0 Å². The average molecular weight is 461 g/mol. The number of aryl methyl sites for hydroxylation is 6. The normalized spacial score (nSPS) is 11.1. The van der Waals surface area contributed by atoms with Crippen molar-refractivity contribution in [1.29, 1.82) is 0 Å². The molecule has 0 unspecified atom stereocenters. The highest BCUT2D eigenvalue weighted by atomic mass is 14.1. The van der Waals surface area contributed by atoms with Crippen molar-refractivity contribution in [3.05, 3.63) is 141 Å². The molecule has 0 bridgehead atoms. The monoisotopic (exact) mass is 460 g/mol. The Hall–Kier alpha value is -3.12. The van der Waals surface area contributed by atoms with Crippen molar-refractivity contribution in [3.8, 4) is 0 Å². The lowest BCUT2D eigenvalue weighted by molar-refractivity contribution is 0.946. The Bertz CT molecular complexity index is 1250. The molecule has 0 fully saturated rings. The first-order chi connectivity index (χ1) is 17.0. The van der Waals surface area contributed by atoms with E-state index in [0.717, 1.165) is 44.9 Å².